The van der Waals surface area contributed by atoms with Gasteiger partial charge in [-0.1, -0.05) is 24.3 Å². The van der Waals surface area contributed by atoms with Crippen LogP contribution >= 0.6 is 0 Å². The minimum atomic E-state index is -0.300. The number of benzene rings is 2. The Morgan fingerprint density at radius 2 is 1.52 bits per heavy atom. The monoisotopic (exact) mass is 329 g/mol. The molecule has 25 heavy (non-hydrogen) atoms. The van der Waals surface area contributed by atoms with E-state index in [1.165, 1.54) is 0 Å². The molecule has 5 rings (SSSR count). The number of nitrogens with zero attached hydrogens (tertiary/aromatic N) is 4. The number of nitrogens with one attached hydrogen (secondary N) is 1. The van der Waals surface area contributed by atoms with Gasteiger partial charge in [-0.2, -0.15) is 5.10 Å². The van der Waals surface area contributed by atoms with E-state index in [9.17, 15) is 9.59 Å². The van der Waals surface area contributed by atoms with Crippen molar-refractivity contribution in [2.24, 2.45) is 0 Å². The zero-order chi connectivity index (χ0) is 17.2. The van der Waals surface area contributed by atoms with Crippen LogP contribution < -0.4 is 5.32 Å². The lowest BCUT2D eigenvalue weighted by Crippen LogP contribution is -2.19. The van der Waals surface area contributed by atoms with Crippen LogP contribution in [0.5, 0.6) is 0 Å². The Labute approximate surface area is 141 Å². The van der Waals surface area contributed by atoms with Crippen molar-refractivity contribution in [2.45, 2.75) is 0 Å². The molecule has 1 N–H and O–H groups in total. The third-order valence-corrected chi connectivity index (χ3v) is 3.77. The van der Waals surface area contributed by atoms with E-state index in [1.54, 1.807) is 36.8 Å². The molecule has 7 heteroatoms. The molecule has 0 aliphatic carbocycles. The van der Waals surface area contributed by atoms with Crippen LogP contribution in [-0.4, -0.2) is 32.0 Å². The van der Waals surface area contributed by atoms with Gasteiger partial charge in [0.1, 0.15) is 17.4 Å². The summed E-state index contributed by atoms with van der Waals surface area (Å²) < 4.78 is 0. The fourth-order valence-electron chi connectivity index (χ4n) is 2.60. The highest BCUT2D eigenvalue weighted by atomic mass is 16.2. The van der Waals surface area contributed by atoms with E-state index < -0.39 is 0 Å². The van der Waals surface area contributed by atoms with Gasteiger partial charge in [-0.25, -0.2) is 9.97 Å². The molecule has 3 heterocycles. The van der Waals surface area contributed by atoms with Gasteiger partial charge in [0.15, 0.2) is 0 Å². The lowest BCUT2D eigenvalue weighted by Gasteiger charge is -1.90. The normalized spacial score (nSPS) is 12.5. The number of imidazole rings is 1. The van der Waals surface area contributed by atoms with Gasteiger partial charge < -0.3 is 0 Å². The van der Waals surface area contributed by atoms with E-state index in [0.29, 0.717) is 11.1 Å². The van der Waals surface area contributed by atoms with Crippen molar-refractivity contribution in [3.8, 4) is 0 Å². The molecule has 0 bridgehead atoms. The van der Waals surface area contributed by atoms with E-state index in [4.69, 9.17) is 0 Å². The molecular formula is C18H11N5O2. The molecule has 0 saturated carbocycles. The summed E-state index contributed by atoms with van der Waals surface area (Å²) in [6.45, 7) is 0. The molecule has 2 aromatic carbocycles. The maximum absolute atomic E-state index is 10.9. The number of carbonyl (C=O) groups excluding carboxylic acids is 2. The Bertz CT molecular complexity index is 1090. The van der Waals surface area contributed by atoms with Crippen LogP contribution in [0.2, 0.25) is 0 Å². The van der Waals surface area contributed by atoms with Gasteiger partial charge in [-0.15, -0.1) is 5.10 Å². The summed E-state index contributed by atoms with van der Waals surface area (Å²) in [6, 6.07) is 14.5. The largest absolute Gasteiger partial charge is 0.288 e. The van der Waals surface area contributed by atoms with Crippen molar-refractivity contribution in [3.63, 3.8) is 0 Å². The van der Waals surface area contributed by atoms with Crippen LogP contribution in [0.3, 0.4) is 0 Å². The molecule has 1 aliphatic heterocycles. The fraction of sp³-hybridized carbons (Fsp3) is 0. The maximum atomic E-state index is 10.9. The summed E-state index contributed by atoms with van der Waals surface area (Å²) in [5.41, 5.74) is 3.41. The van der Waals surface area contributed by atoms with E-state index in [0.717, 1.165) is 21.9 Å². The summed E-state index contributed by atoms with van der Waals surface area (Å²) in [5.74, 6) is -0.601. The second-order valence-corrected chi connectivity index (χ2v) is 5.30. The topological polar surface area (TPSA) is 97.7 Å². The summed E-state index contributed by atoms with van der Waals surface area (Å²) in [7, 11) is 0. The summed E-state index contributed by atoms with van der Waals surface area (Å²) in [5, 5.41) is 11.2. The summed E-state index contributed by atoms with van der Waals surface area (Å²) in [4.78, 5) is 30.2. The van der Waals surface area contributed by atoms with Crippen LogP contribution in [0.1, 0.15) is 20.7 Å². The Kier molecular flexibility index (Phi) is 3.59. The quantitative estimate of drug-likeness (QED) is 0.496. The third-order valence-electron chi connectivity index (χ3n) is 3.77. The van der Waals surface area contributed by atoms with Crippen LogP contribution in [0.4, 0.5) is 0 Å². The third kappa shape index (κ3) is 2.67. The predicted molar refractivity (Wildman–Crippen MR) is 90.9 cm³/mol. The Balaban J connectivity index is 0.000000129. The van der Waals surface area contributed by atoms with Gasteiger partial charge >= 0.3 is 0 Å². The number of aromatic nitrogens is 4. The van der Waals surface area contributed by atoms with Gasteiger partial charge in [-0.05, 0) is 24.3 Å². The Morgan fingerprint density at radius 1 is 0.760 bits per heavy atom. The molecule has 2 amide bonds. The number of fused-ring (bicyclic) bond motifs is 4. The maximum Gasteiger partial charge on any atom is 0.258 e. The molecule has 1 aliphatic rings. The van der Waals surface area contributed by atoms with Crippen molar-refractivity contribution in [2.75, 3.05) is 0 Å². The molecule has 0 fully saturated rings. The van der Waals surface area contributed by atoms with E-state index in [2.05, 4.69) is 25.5 Å². The first-order valence-electron chi connectivity index (χ1n) is 7.50. The number of hydrogen-bond acceptors (Lipinski definition) is 6. The highest BCUT2D eigenvalue weighted by Crippen LogP contribution is 2.18. The van der Waals surface area contributed by atoms with Crippen molar-refractivity contribution in [1.29, 1.82) is 0 Å². The highest BCUT2D eigenvalue weighted by molar-refractivity contribution is 6.21. The molecule has 120 valence electrons. The molecule has 0 unspecified atom stereocenters. The van der Waals surface area contributed by atoms with Crippen LogP contribution in [0, 0.1) is 0 Å². The summed E-state index contributed by atoms with van der Waals surface area (Å²) in [6.07, 6.45) is 3.20. The fourth-order valence-corrected chi connectivity index (χ4v) is 2.60. The van der Waals surface area contributed by atoms with Crippen LogP contribution in [0.15, 0.2) is 61.1 Å². The minimum Gasteiger partial charge on any atom is -0.288 e. The molecule has 2 aromatic heterocycles. The second-order valence-electron chi connectivity index (χ2n) is 5.30. The molecule has 4 aromatic rings. The molecule has 0 atom stereocenters. The smallest absolute Gasteiger partial charge is 0.258 e. The van der Waals surface area contributed by atoms with Gasteiger partial charge in [0.05, 0.1) is 16.6 Å². The number of rotatable bonds is 0. The van der Waals surface area contributed by atoms with Crippen molar-refractivity contribution in [3.05, 3.63) is 72.2 Å². The van der Waals surface area contributed by atoms with Gasteiger partial charge in [0, 0.05) is 11.6 Å². The van der Waals surface area contributed by atoms with Gasteiger partial charge in [0.25, 0.3) is 11.8 Å². The first kappa shape index (κ1) is 14.8. The van der Waals surface area contributed by atoms with Crippen LogP contribution in [-0.2, 0) is 0 Å². The predicted octanol–water partition coefficient (Wildman–Crippen LogP) is 2.14. The number of carbonyl (C=O) groups is 2. The van der Waals surface area contributed by atoms with Crippen molar-refractivity contribution < 1.29 is 9.59 Å². The SMILES string of the molecule is O=C1NC(=O)c2ccccc21.c1cnnc2c(c1)ccc1ncnc12. The first-order valence-corrected chi connectivity index (χ1v) is 7.50. The second kappa shape index (κ2) is 6.04. The molecule has 0 spiro atoms. The van der Waals surface area contributed by atoms with Crippen LogP contribution in [0.25, 0.3) is 21.9 Å². The van der Waals surface area contributed by atoms with E-state index >= 15 is 0 Å². The van der Waals surface area contributed by atoms with Crippen molar-refractivity contribution in [1.82, 2.24) is 25.5 Å². The standard InChI is InChI=1S/C10H6N4.C8H5NO2/c1-2-7-3-4-8-10(12-6-11-8)9(7)14-13-5-1;10-7-5-3-1-2-4-6(5)8(11)9-7/h1-6H;1-4H,(H,9,10,11). The lowest BCUT2D eigenvalue weighted by molar-refractivity contribution is 0.0879. The molecule has 0 saturated heterocycles. The van der Waals surface area contributed by atoms with E-state index in [-0.39, 0.29) is 11.8 Å². The van der Waals surface area contributed by atoms with E-state index in [1.807, 2.05) is 24.3 Å². The number of hydrogen-bond donors (Lipinski definition) is 1. The minimum absolute atomic E-state index is 0.300. The zero-order valence-corrected chi connectivity index (χ0v) is 12.9. The Hall–Kier alpha value is -3.74. The molecular weight excluding hydrogens is 318 g/mol. The highest BCUT2D eigenvalue weighted by Gasteiger charge is 2.25. The zero-order valence-electron chi connectivity index (χ0n) is 12.9. The van der Waals surface area contributed by atoms with Crippen molar-refractivity contribution >= 4 is 33.8 Å². The first-order chi connectivity index (χ1) is 12.2. The molecule has 0 radical (unpaired) electrons. The Morgan fingerprint density at radius 3 is 2.28 bits per heavy atom. The lowest BCUT2D eigenvalue weighted by atomic mass is 10.1. The van der Waals surface area contributed by atoms with Gasteiger partial charge in [-0.3, -0.25) is 14.9 Å². The van der Waals surface area contributed by atoms with Gasteiger partial charge in [0.2, 0.25) is 0 Å². The summed E-state index contributed by atoms with van der Waals surface area (Å²) >= 11 is 0. The number of amides is 2. The average Bonchev–Trinajstić information content (AvgIpc) is 3.13. The number of imide groups is 1. The average molecular weight is 329 g/mol. The molecule has 7 nitrogen and oxygen atoms in total.